The lowest BCUT2D eigenvalue weighted by molar-refractivity contribution is -0.119. The molecule has 7 nitrogen and oxygen atoms in total. The highest BCUT2D eigenvalue weighted by atomic mass is 32.2. The van der Waals surface area contributed by atoms with E-state index in [1.54, 1.807) is 6.92 Å². The number of nitrogens with zero attached hydrogens (tertiary/aromatic N) is 3. The summed E-state index contributed by atoms with van der Waals surface area (Å²) in [5.41, 5.74) is -1.05. The van der Waals surface area contributed by atoms with Gasteiger partial charge in [-0.15, -0.1) is 5.10 Å². The van der Waals surface area contributed by atoms with Gasteiger partial charge in [0.2, 0.25) is 5.91 Å². The zero-order chi connectivity index (χ0) is 15.5. The average molecular weight is 309 g/mol. The Labute approximate surface area is 127 Å². The predicted molar refractivity (Wildman–Crippen MR) is 78.7 cm³/mol. The van der Waals surface area contributed by atoms with E-state index in [-0.39, 0.29) is 23.3 Å². The van der Waals surface area contributed by atoms with E-state index in [1.807, 2.05) is 6.92 Å². The predicted octanol–water partition coefficient (Wildman–Crippen LogP) is 0.882. The first-order valence-corrected chi connectivity index (χ1v) is 7.99. The fraction of sp³-hybridized carbons (Fsp3) is 0.692. The summed E-state index contributed by atoms with van der Waals surface area (Å²) in [6.07, 6.45) is 2.77. The molecule has 1 unspecified atom stereocenters. The number of nitrogens with one attached hydrogen (secondary N) is 2. The van der Waals surface area contributed by atoms with Crippen LogP contribution < -0.4 is 11.0 Å². The maximum Gasteiger partial charge on any atom is 0.343 e. The molecule has 21 heavy (non-hydrogen) atoms. The number of H-pyrrole nitrogens is 1. The summed E-state index contributed by atoms with van der Waals surface area (Å²) in [5, 5.41) is 18.8. The minimum Gasteiger partial charge on any atom is -0.337 e. The number of hydrogen-bond donors (Lipinski definition) is 2. The summed E-state index contributed by atoms with van der Waals surface area (Å²) in [5.74, 6) is 0.174. The van der Waals surface area contributed by atoms with Gasteiger partial charge in [-0.25, -0.2) is 9.89 Å². The molecule has 1 aliphatic rings. The second-order valence-electron chi connectivity index (χ2n) is 5.39. The maximum atomic E-state index is 12.0. The van der Waals surface area contributed by atoms with Crippen molar-refractivity contribution in [3.05, 3.63) is 10.5 Å². The van der Waals surface area contributed by atoms with Crippen molar-refractivity contribution in [3.8, 4) is 6.07 Å². The molecule has 0 bridgehead atoms. The molecular weight excluding hydrogens is 290 g/mol. The molecule has 2 N–H and O–H groups in total. The number of rotatable bonds is 7. The number of amides is 1. The van der Waals surface area contributed by atoms with Crippen molar-refractivity contribution < 1.29 is 4.79 Å². The topological polar surface area (TPSA) is 104 Å². The number of aromatic amines is 1. The highest BCUT2D eigenvalue weighted by Crippen LogP contribution is 2.39. The quantitative estimate of drug-likeness (QED) is 0.728. The number of carbonyl (C=O) groups is 1. The Hall–Kier alpha value is -1.75. The minimum absolute atomic E-state index is 0.137. The fourth-order valence-electron chi connectivity index (χ4n) is 2.17. The summed E-state index contributed by atoms with van der Waals surface area (Å²) in [6.45, 7) is 4.29. The van der Waals surface area contributed by atoms with Gasteiger partial charge in [-0.2, -0.15) is 5.26 Å². The molecular formula is C13H19N5O2S. The Balaban J connectivity index is 1.92. The Bertz CT molecular complexity index is 613. The van der Waals surface area contributed by atoms with Gasteiger partial charge in [0.1, 0.15) is 5.54 Å². The number of carbonyl (C=O) groups excluding carboxylic acids is 1. The largest absolute Gasteiger partial charge is 0.343 e. The summed E-state index contributed by atoms with van der Waals surface area (Å²) < 4.78 is 1.52. The summed E-state index contributed by atoms with van der Waals surface area (Å²) in [7, 11) is 0. The second kappa shape index (κ2) is 6.35. The molecule has 8 heteroatoms. The summed E-state index contributed by atoms with van der Waals surface area (Å²) >= 11 is 1.20. The van der Waals surface area contributed by atoms with Gasteiger partial charge in [0, 0.05) is 6.54 Å². The minimum atomic E-state index is -0.785. The van der Waals surface area contributed by atoms with Crippen molar-refractivity contribution >= 4 is 17.7 Å². The van der Waals surface area contributed by atoms with Gasteiger partial charge in [0.15, 0.2) is 5.16 Å². The van der Waals surface area contributed by atoms with Crippen molar-refractivity contribution in [2.24, 2.45) is 5.92 Å². The van der Waals surface area contributed by atoms with Crippen LogP contribution >= 0.6 is 11.8 Å². The zero-order valence-electron chi connectivity index (χ0n) is 12.2. The molecule has 1 amide bonds. The Morgan fingerprint density at radius 3 is 2.95 bits per heavy atom. The summed E-state index contributed by atoms with van der Waals surface area (Å²) in [6, 6.07) is 2.19. The van der Waals surface area contributed by atoms with Gasteiger partial charge in [-0.1, -0.05) is 18.7 Å². The van der Waals surface area contributed by atoms with Crippen LogP contribution in [-0.2, 0) is 11.3 Å². The molecule has 1 aromatic heterocycles. The normalized spacial score (nSPS) is 17.0. The van der Waals surface area contributed by atoms with E-state index in [0.29, 0.717) is 11.7 Å². The lowest BCUT2D eigenvalue weighted by Gasteiger charge is -2.22. The first-order valence-electron chi connectivity index (χ1n) is 7.00. The molecule has 0 spiro atoms. The molecule has 2 rings (SSSR count). The van der Waals surface area contributed by atoms with Crippen LogP contribution in [0.4, 0.5) is 0 Å². The molecule has 1 aliphatic carbocycles. The van der Waals surface area contributed by atoms with E-state index in [9.17, 15) is 14.9 Å². The molecule has 1 aromatic rings. The summed E-state index contributed by atoms with van der Waals surface area (Å²) in [4.78, 5) is 23.5. The number of thioether (sulfide) groups is 1. The third-order valence-corrected chi connectivity index (χ3v) is 4.50. The van der Waals surface area contributed by atoms with Crippen LogP contribution in [-0.4, -0.2) is 32.0 Å². The van der Waals surface area contributed by atoms with Crippen LogP contribution in [0.15, 0.2) is 9.95 Å². The third-order valence-electron chi connectivity index (χ3n) is 3.53. The molecule has 0 aromatic carbocycles. The third kappa shape index (κ3) is 3.67. The number of hydrogen-bond acceptors (Lipinski definition) is 5. The van der Waals surface area contributed by atoms with Crippen LogP contribution in [0.25, 0.3) is 0 Å². The van der Waals surface area contributed by atoms with Crippen molar-refractivity contribution in [3.63, 3.8) is 0 Å². The Morgan fingerprint density at radius 1 is 1.67 bits per heavy atom. The molecule has 1 heterocycles. The van der Waals surface area contributed by atoms with E-state index < -0.39 is 5.54 Å². The monoisotopic (exact) mass is 309 g/mol. The van der Waals surface area contributed by atoms with Crippen molar-refractivity contribution in [1.82, 2.24) is 20.1 Å². The van der Waals surface area contributed by atoms with Crippen molar-refractivity contribution in [2.45, 2.75) is 50.4 Å². The first-order chi connectivity index (χ1) is 10.00. The maximum absolute atomic E-state index is 12.0. The van der Waals surface area contributed by atoms with Gasteiger partial charge in [-0.3, -0.25) is 9.36 Å². The molecule has 1 fully saturated rings. The van der Waals surface area contributed by atoms with E-state index in [2.05, 4.69) is 21.6 Å². The average Bonchev–Trinajstić information content (AvgIpc) is 3.25. The van der Waals surface area contributed by atoms with Crippen molar-refractivity contribution in [1.29, 1.82) is 5.26 Å². The molecule has 0 saturated heterocycles. The number of aromatic nitrogens is 3. The first kappa shape index (κ1) is 15.6. The highest BCUT2D eigenvalue weighted by Gasteiger charge is 2.42. The molecule has 1 saturated carbocycles. The van der Waals surface area contributed by atoms with E-state index in [1.165, 1.54) is 16.3 Å². The second-order valence-corrected chi connectivity index (χ2v) is 6.33. The molecule has 0 aliphatic heterocycles. The SMILES string of the molecule is CCCn1c(SCC(=O)NC(C)(C#N)C2CC2)n[nH]c1=O. The van der Waals surface area contributed by atoms with Gasteiger partial charge in [0.05, 0.1) is 11.8 Å². The standard InChI is InChI=1S/C13H19N5O2S/c1-3-6-18-11(20)16-17-12(18)21-7-10(19)15-13(2,8-14)9-4-5-9/h9H,3-7H2,1-2H3,(H,15,19)(H,16,20). The zero-order valence-corrected chi connectivity index (χ0v) is 13.0. The number of nitriles is 1. The lowest BCUT2D eigenvalue weighted by Crippen LogP contribution is -2.47. The molecule has 114 valence electrons. The highest BCUT2D eigenvalue weighted by molar-refractivity contribution is 7.99. The molecule has 1 atom stereocenters. The van der Waals surface area contributed by atoms with Crippen LogP contribution in [0, 0.1) is 17.2 Å². The smallest absolute Gasteiger partial charge is 0.337 e. The van der Waals surface area contributed by atoms with Crippen LogP contribution in [0.3, 0.4) is 0 Å². The van der Waals surface area contributed by atoms with Gasteiger partial charge < -0.3 is 5.32 Å². The van der Waals surface area contributed by atoms with E-state index in [4.69, 9.17) is 0 Å². The van der Waals surface area contributed by atoms with E-state index in [0.717, 1.165) is 19.3 Å². The van der Waals surface area contributed by atoms with Gasteiger partial charge in [0.25, 0.3) is 0 Å². The Kier molecular flexibility index (Phi) is 4.73. The van der Waals surface area contributed by atoms with E-state index >= 15 is 0 Å². The molecule has 0 radical (unpaired) electrons. The van der Waals surface area contributed by atoms with Crippen LogP contribution in [0.5, 0.6) is 0 Å². The van der Waals surface area contributed by atoms with Crippen molar-refractivity contribution in [2.75, 3.05) is 5.75 Å². The fourth-order valence-corrected chi connectivity index (χ4v) is 2.94. The lowest BCUT2D eigenvalue weighted by atomic mass is 9.98. The van der Waals surface area contributed by atoms with Crippen LogP contribution in [0.1, 0.15) is 33.1 Å². The van der Waals surface area contributed by atoms with Gasteiger partial charge in [-0.05, 0) is 32.1 Å². The van der Waals surface area contributed by atoms with Gasteiger partial charge >= 0.3 is 5.69 Å². The van der Waals surface area contributed by atoms with Crippen LogP contribution in [0.2, 0.25) is 0 Å². The Morgan fingerprint density at radius 2 is 2.38 bits per heavy atom.